The molecular formula is C16H25NO4. The molecule has 0 aliphatic heterocycles. The van der Waals surface area contributed by atoms with Crippen molar-refractivity contribution in [3.8, 4) is 17.2 Å². The first-order valence-electron chi connectivity index (χ1n) is 7.28. The average molecular weight is 295 g/mol. The van der Waals surface area contributed by atoms with Gasteiger partial charge in [0.2, 0.25) is 0 Å². The SMILES string of the molecule is COc1cc(OC)c(CNC2CCCC2OC)c(OC)c1. The first kappa shape index (κ1) is 15.9. The maximum atomic E-state index is 5.52. The topological polar surface area (TPSA) is 49.0 Å². The van der Waals surface area contributed by atoms with Crippen molar-refractivity contribution in [2.24, 2.45) is 0 Å². The van der Waals surface area contributed by atoms with E-state index in [0.717, 1.165) is 35.7 Å². The van der Waals surface area contributed by atoms with E-state index in [1.54, 1.807) is 28.4 Å². The summed E-state index contributed by atoms with van der Waals surface area (Å²) >= 11 is 0. The molecule has 2 rings (SSSR count). The number of hydrogen-bond donors (Lipinski definition) is 1. The fraction of sp³-hybridized carbons (Fsp3) is 0.625. The second-order valence-corrected chi connectivity index (χ2v) is 5.20. The zero-order chi connectivity index (χ0) is 15.2. The van der Waals surface area contributed by atoms with E-state index in [1.807, 2.05) is 12.1 Å². The van der Waals surface area contributed by atoms with Crippen LogP contribution >= 0.6 is 0 Å². The van der Waals surface area contributed by atoms with Crippen molar-refractivity contribution in [3.63, 3.8) is 0 Å². The number of rotatable bonds is 7. The van der Waals surface area contributed by atoms with Crippen molar-refractivity contribution in [3.05, 3.63) is 17.7 Å². The maximum Gasteiger partial charge on any atom is 0.130 e. The Balaban J connectivity index is 2.14. The summed E-state index contributed by atoms with van der Waals surface area (Å²) in [7, 11) is 6.73. The van der Waals surface area contributed by atoms with E-state index in [2.05, 4.69) is 5.32 Å². The van der Waals surface area contributed by atoms with Gasteiger partial charge >= 0.3 is 0 Å². The molecular weight excluding hydrogens is 270 g/mol. The highest BCUT2D eigenvalue weighted by Crippen LogP contribution is 2.34. The van der Waals surface area contributed by atoms with E-state index in [4.69, 9.17) is 18.9 Å². The Morgan fingerprint density at radius 1 is 1.00 bits per heavy atom. The normalized spacial score (nSPS) is 21.3. The number of methoxy groups -OCH3 is 4. The van der Waals surface area contributed by atoms with Gasteiger partial charge in [0.25, 0.3) is 0 Å². The predicted octanol–water partition coefficient (Wildman–Crippen LogP) is 2.37. The monoisotopic (exact) mass is 295 g/mol. The van der Waals surface area contributed by atoms with E-state index in [0.29, 0.717) is 18.7 Å². The van der Waals surface area contributed by atoms with Gasteiger partial charge in [0.05, 0.1) is 33.0 Å². The standard InChI is InChI=1S/C16H25NO4/c1-18-11-8-15(20-3)12(16(9-11)21-4)10-17-13-6-5-7-14(13)19-2/h8-9,13-14,17H,5-7,10H2,1-4H3. The van der Waals surface area contributed by atoms with Gasteiger partial charge < -0.3 is 24.3 Å². The van der Waals surface area contributed by atoms with Crippen molar-refractivity contribution in [2.45, 2.75) is 38.0 Å². The zero-order valence-corrected chi connectivity index (χ0v) is 13.3. The smallest absolute Gasteiger partial charge is 0.130 e. The van der Waals surface area contributed by atoms with E-state index < -0.39 is 0 Å². The lowest BCUT2D eigenvalue weighted by Crippen LogP contribution is -2.36. The van der Waals surface area contributed by atoms with Gasteiger partial charge in [-0.2, -0.15) is 0 Å². The van der Waals surface area contributed by atoms with Gasteiger partial charge in [-0.25, -0.2) is 0 Å². The van der Waals surface area contributed by atoms with Crippen LogP contribution in [-0.2, 0) is 11.3 Å². The lowest BCUT2D eigenvalue weighted by molar-refractivity contribution is 0.0846. The second-order valence-electron chi connectivity index (χ2n) is 5.20. The lowest BCUT2D eigenvalue weighted by atomic mass is 10.1. The molecule has 5 nitrogen and oxygen atoms in total. The fourth-order valence-electron chi connectivity index (χ4n) is 2.93. The minimum Gasteiger partial charge on any atom is -0.496 e. The predicted molar refractivity (Wildman–Crippen MR) is 81.4 cm³/mol. The van der Waals surface area contributed by atoms with Gasteiger partial charge in [-0.3, -0.25) is 0 Å². The molecule has 0 bridgehead atoms. The molecule has 1 fully saturated rings. The van der Waals surface area contributed by atoms with Gasteiger partial charge in [-0.1, -0.05) is 0 Å². The summed E-state index contributed by atoms with van der Waals surface area (Å²) in [4.78, 5) is 0. The lowest BCUT2D eigenvalue weighted by Gasteiger charge is -2.21. The molecule has 118 valence electrons. The summed E-state index contributed by atoms with van der Waals surface area (Å²) in [6.45, 7) is 0.681. The fourth-order valence-corrected chi connectivity index (χ4v) is 2.93. The van der Waals surface area contributed by atoms with Crippen molar-refractivity contribution < 1.29 is 18.9 Å². The first-order chi connectivity index (χ1) is 10.2. The van der Waals surface area contributed by atoms with E-state index in [-0.39, 0.29) is 0 Å². The Hall–Kier alpha value is -1.46. The summed E-state index contributed by atoms with van der Waals surface area (Å²) in [6, 6.07) is 4.13. The van der Waals surface area contributed by atoms with Gasteiger partial charge in [-0.15, -0.1) is 0 Å². The van der Waals surface area contributed by atoms with Gasteiger partial charge in [-0.05, 0) is 19.3 Å². The van der Waals surface area contributed by atoms with Crippen molar-refractivity contribution in [1.29, 1.82) is 0 Å². The molecule has 0 radical (unpaired) electrons. The van der Waals surface area contributed by atoms with Crippen LogP contribution in [0.4, 0.5) is 0 Å². The van der Waals surface area contributed by atoms with Crippen LogP contribution in [0, 0.1) is 0 Å². The van der Waals surface area contributed by atoms with Crippen molar-refractivity contribution in [1.82, 2.24) is 5.32 Å². The minimum atomic E-state index is 0.292. The van der Waals surface area contributed by atoms with Crippen LogP contribution in [0.2, 0.25) is 0 Å². The molecule has 0 spiro atoms. The number of nitrogens with one attached hydrogen (secondary N) is 1. The van der Waals surface area contributed by atoms with Gasteiger partial charge in [0.15, 0.2) is 0 Å². The quantitative estimate of drug-likeness (QED) is 0.837. The second kappa shape index (κ2) is 7.52. The van der Waals surface area contributed by atoms with Gasteiger partial charge in [0.1, 0.15) is 17.2 Å². The number of benzene rings is 1. The van der Waals surface area contributed by atoms with Crippen LogP contribution in [-0.4, -0.2) is 40.6 Å². The third kappa shape index (κ3) is 3.60. The molecule has 1 N–H and O–H groups in total. The molecule has 1 aliphatic carbocycles. The van der Waals surface area contributed by atoms with E-state index in [9.17, 15) is 0 Å². The average Bonchev–Trinajstić information content (AvgIpc) is 2.99. The molecule has 2 atom stereocenters. The molecule has 0 amide bonds. The highest BCUT2D eigenvalue weighted by atomic mass is 16.5. The van der Waals surface area contributed by atoms with E-state index in [1.165, 1.54) is 6.42 Å². The first-order valence-corrected chi connectivity index (χ1v) is 7.28. The number of ether oxygens (including phenoxy) is 4. The Kier molecular flexibility index (Phi) is 5.70. The minimum absolute atomic E-state index is 0.292. The number of hydrogen-bond acceptors (Lipinski definition) is 5. The Labute approximate surface area is 126 Å². The van der Waals surface area contributed by atoms with Crippen LogP contribution < -0.4 is 19.5 Å². The Morgan fingerprint density at radius 2 is 1.67 bits per heavy atom. The van der Waals surface area contributed by atoms with Crippen molar-refractivity contribution in [2.75, 3.05) is 28.4 Å². The van der Waals surface area contributed by atoms with Gasteiger partial charge in [0, 0.05) is 31.8 Å². The molecule has 2 unspecified atom stereocenters. The summed E-state index contributed by atoms with van der Waals surface area (Å²) < 4.78 is 21.7. The third-order valence-electron chi connectivity index (χ3n) is 4.11. The van der Waals surface area contributed by atoms with Crippen LogP contribution in [0.5, 0.6) is 17.2 Å². The third-order valence-corrected chi connectivity index (χ3v) is 4.11. The highest BCUT2D eigenvalue weighted by Gasteiger charge is 2.27. The molecule has 0 heterocycles. The summed E-state index contributed by atoms with van der Waals surface area (Å²) in [5.74, 6) is 2.26. The molecule has 1 aromatic rings. The van der Waals surface area contributed by atoms with Crippen LogP contribution in [0.25, 0.3) is 0 Å². The summed E-state index contributed by atoms with van der Waals surface area (Å²) in [5, 5.41) is 3.56. The largest absolute Gasteiger partial charge is 0.496 e. The zero-order valence-electron chi connectivity index (χ0n) is 13.3. The maximum absolute atomic E-state index is 5.52. The van der Waals surface area contributed by atoms with Crippen LogP contribution in [0.15, 0.2) is 12.1 Å². The van der Waals surface area contributed by atoms with Crippen LogP contribution in [0.3, 0.4) is 0 Å². The van der Waals surface area contributed by atoms with E-state index >= 15 is 0 Å². The Bertz CT molecular complexity index is 439. The molecule has 5 heteroatoms. The molecule has 1 aliphatic rings. The highest BCUT2D eigenvalue weighted by molar-refractivity contribution is 5.50. The molecule has 21 heavy (non-hydrogen) atoms. The molecule has 1 saturated carbocycles. The summed E-state index contributed by atoms with van der Waals surface area (Å²) in [6.07, 6.45) is 3.75. The van der Waals surface area contributed by atoms with Crippen molar-refractivity contribution >= 4 is 0 Å². The molecule has 1 aromatic carbocycles. The summed E-state index contributed by atoms with van der Waals surface area (Å²) in [5.41, 5.74) is 1.00. The molecule has 0 aromatic heterocycles. The van der Waals surface area contributed by atoms with Crippen LogP contribution in [0.1, 0.15) is 24.8 Å². The Morgan fingerprint density at radius 3 is 2.19 bits per heavy atom. The molecule has 0 saturated heterocycles.